The molecule has 1 atom stereocenters. The minimum atomic E-state index is 0.154. The third-order valence-corrected chi connectivity index (χ3v) is 6.47. The van der Waals surface area contributed by atoms with Crippen LogP contribution < -0.4 is 0 Å². The number of rotatable bonds is 4. The number of amides is 1. The predicted octanol–water partition coefficient (Wildman–Crippen LogP) is 4.14. The Hall–Kier alpha value is -2.89. The van der Waals surface area contributed by atoms with Crippen LogP contribution in [0.1, 0.15) is 55.2 Å². The molecule has 0 spiro atoms. The van der Waals surface area contributed by atoms with E-state index >= 15 is 0 Å². The molecule has 6 heteroatoms. The van der Waals surface area contributed by atoms with Crippen molar-refractivity contribution >= 4 is 5.91 Å². The lowest BCUT2D eigenvalue weighted by atomic mass is 10.1. The Labute approximate surface area is 171 Å². The van der Waals surface area contributed by atoms with E-state index < -0.39 is 0 Å². The molecule has 1 aliphatic heterocycles. The van der Waals surface area contributed by atoms with E-state index in [1.165, 1.54) is 12.8 Å². The molecule has 150 valence electrons. The van der Waals surface area contributed by atoms with Crippen LogP contribution in [-0.4, -0.2) is 43.1 Å². The fourth-order valence-corrected chi connectivity index (χ4v) is 5.01. The Morgan fingerprint density at radius 1 is 1.10 bits per heavy atom. The second kappa shape index (κ2) is 7.17. The SMILES string of the molecule is Cc1nn(-c2ccccc2)c(C)c1-c1cnc(C2CC(=O)N(C3CCCC3)C2)[nH]1. The van der Waals surface area contributed by atoms with Crippen LogP contribution in [-0.2, 0) is 4.79 Å². The van der Waals surface area contributed by atoms with Crippen molar-refractivity contribution in [3.05, 3.63) is 53.7 Å². The van der Waals surface area contributed by atoms with Gasteiger partial charge in [-0.1, -0.05) is 31.0 Å². The van der Waals surface area contributed by atoms with Crippen LogP contribution in [0.25, 0.3) is 16.9 Å². The normalized spacial score (nSPS) is 20.1. The number of hydrogen-bond donors (Lipinski definition) is 1. The molecule has 1 aromatic carbocycles. The monoisotopic (exact) mass is 389 g/mol. The maximum atomic E-state index is 12.6. The average Bonchev–Trinajstić information content (AvgIpc) is 3.49. The molecular formula is C23H27N5O. The van der Waals surface area contributed by atoms with Gasteiger partial charge in [0.15, 0.2) is 0 Å². The first-order valence-electron chi connectivity index (χ1n) is 10.6. The van der Waals surface area contributed by atoms with Gasteiger partial charge < -0.3 is 9.88 Å². The quantitative estimate of drug-likeness (QED) is 0.729. The zero-order valence-electron chi connectivity index (χ0n) is 17.1. The first-order chi connectivity index (χ1) is 14.1. The Morgan fingerprint density at radius 3 is 2.62 bits per heavy atom. The molecule has 1 aliphatic carbocycles. The minimum absolute atomic E-state index is 0.154. The van der Waals surface area contributed by atoms with Crippen molar-refractivity contribution in [3.63, 3.8) is 0 Å². The molecule has 2 fully saturated rings. The first kappa shape index (κ1) is 18.2. The van der Waals surface area contributed by atoms with E-state index in [0.29, 0.717) is 12.5 Å². The van der Waals surface area contributed by atoms with Gasteiger partial charge in [-0.2, -0.15) is 5.10 Å². The van der Waals surface area contributed by atoms with Crippen molar-refractivity contribution in [1.29, 1.82) is 0 Å². The predicted molar refractivity (Wildman–Crippen MR) is 112 cm³/mol. The number of nitrogens with zero attached hydrogens (tertiary/aromatic N) is 4. The zero-order chi connectivity index (χ0) is 20.0. The van der Waals surface area contributed by atoms with Gasteiger partial charge in [0, 0.05) is 30.5 Å². The van der Waals surface area contributed by atoms with Crippen molar-refractivity contribution < 1.29 is 4.79 Å². The highest BCUT2D eigenvalue weighted by atomic mass is 16.2. The fraction of sp³-hybridized carbons (Fsp3) is 0.435. The van der Waals surface area contributed by atoms with Gasteiger partial charge in [-0.3, -0.25) is 4.79 Å². The summed E-state index contributed by atoms with van der Waals surface area (Å²) in [7, 11) is 0. The Morgan fingerprint density at radius 2 is 1.86 bits per heavy atom. The van der Waals surface area contributed by atoms with Gasteiger partial charge in [-0.05, 0) is 38.8 Å². The van der Waals surface area contributed by atoms with Crippen LogP contribution in [0.3, 0.4) is 0 Å². The number of H-pyrrole nitrogens is 1. The number of nitrogens with one attached hydrogen (secondary N) is 1. The molecule has 0 bridgehead atoms. The summed E-state index contributed by atoms with van der Waals surface area (Å²) in [5.41, 5.74) is 5.16. The molecule has 3 heterocycles. The summed E-state index contributed by atoms with van der Waals surface area (Å²) in [5.74, 6) is 1.35. The molecule has 0 radical (unpaired) electrons. The highest BCUT2D eigenvalue weighted by Crippen LogP contribution is 2.34. The molecular weight excluding hydrogens is 362 g/mol. The lowest BCUT2D eigenvalue weighted by Gasteiger charge is -2.23. The number of likely N-dealkylation sites (tertiary alicyclic amines) is 1. The molecule has 1 saturated heterocycles. The number of carbonyl (C=O) groups is 1. The summed E-state index contributed by atoms with van der Waals surface area (Å²) in [6.45, 7) is 4.91. The summed E-state index contributed by atoms with van der Waals surface area (Å²) >= 11 is 0. The number of aryl methyl sites for hydroxylation is 1. The van der Waals surface area contributed by atoms with Crippen LogP contribution in [0.2, 0.25) is 0 Å². The summed E-state index contributed by atoms with van der Waals surface area (Å²) in [6, 6.07) is 10.6. The molecule has 3 aromatic rings. The van der Waals surface area contributed by atoms with Crippen molar-refractivity contribution in [2.75, 3.05) is 6.54 Å². The van der Waals surface area contributed by atoms with Crippen LogP contribution in [0, 0.1) is 13.8 Å². The zero-order valence-corrected chi connectivity index (χ0v) is 17.1. The molecule has 1 saturated carbocycles. The Balaban J connectivity index is 1.41. The van der Waals surface area contributed by atoms with E-state index in [1.807, 2.05) is 36.0 Å². The largest absolute Gasteiger partial charge is 0.342 e. The number of carbonyl (C=O) groups excluding carboxylic acids is 1. The molecule has 1 N–H and O–H groups in total. The third kappa shape index (κ3) is 3.16. The maximum absolute atomic E-state index is 12.6. The Kier molecular flexibility index (Phi) is 4.49. The van der Waals surface area contributed by atoms with E-state index in [0.717, 1.165) is 53.5 Å². The van der Waals surface area contributed by atoms with Gasteiger partial charge in [0.1, 0.15) is 5.82 Å². The van der Waals surface area contributed by atoms with Crippen LogP contribution in [0.15, 0.2) is 36.5 Å². The first-order valence-corrected chi connectivity index (χ1v) is 10.6. The van der Waals surface area contributed by atoms with Crippen molar-refractivity contribution in [1.82, 2.24) is 24.6 Å². The molecule has 2 aromatic heterocycles. The van der Waals surface area contributed by atoms with Gasteiger partial charge >= 0.3 is 0 Å². The lowest BCUT2D eigenvalue weighted by molar-refractivity contribution is -0.129. The van der Waals surface area contributed by atoms with Crippen LogP contribution >= 0.6 is 0 Å². The van der Waals surface area contributed by atoms with E-state index in [2.05, 4.69) is 33.9 Å². The second-order valence-corrected chi connectivity index (χ2v) is 8.36. The molecule has 6 nitrogen and oxygen atoms in total. The fourth-order valence-electron chi connectivity index (χ4n) is 5.01. The molecule has 29 heavy (non-hydrogen) atoms. The maximum Gasteiger partial charge on any atom is 0.223 e. The summed E-state index contributed by atoms with van der Waals surface area (Å²) in [6.07, 6.45) is 7.24. The van der Waals surface area contributed by atoms with E-state index in [1.54, 1.807) is 0 Å². The lowest BCUT2D eigenvalue weighted by Crippen LogP contribution is -2.34. The summed E-state index contributed by atoms with van der Waals surface area (Å²) in [4.78, 5) is 22.8. The van der Waals surface area contributed by atoms with Gasteiger partial charge in [0.2, 0.25) is 5.91 Å². The van der Waals surface area contributed by atoms with Crippen molar-refractivity contribution in [2.45, 2.75) is 57.9 Å². The van der Waals surface area contributed by atoms with Crippen molar-refractivity contribution in [2.24, 2.45) is 0 Å². The van der Waals surface area contributed by atoms with Crippen LogP contribution in [0.4, 0.5) is 0 Å². The average molecular weight is 390 g/mol. The number of imidazole rings is 1. The number of aromatic nitrogens is 4. The summed E-state index contributed by atoms with van der Waals surface area (Å²) in [5, 5.41) is 4.75. The number of para-hydroxylation sites is 1. The topological polar surface area (TPSA) is 66.8 Å². The Bertz CT molecular complexity index is 1030. The second-order valence-electron chi connectivity index (χ2n) is 8.36. The molecule has 5 rings (SSSR count). The molecule has 1 amide bonds. The third-order valence-electron chi connectivity index (χ3n) is 6.47. The smallest absolute Gasteiger partial charge is 0.223 e. The van der Waals surface area contributed by atoms with E-state index in [4.69, 9.17) is 5.10 Å². The van der Waals surface area contributed by atoms with Gasteiger partial charge in [0.25, 0.3) is 0 Å². The molecule has 1 unspecified atom stereocenters. The van der Waals surface area contributed by atoms with Crippen LogP contribution in [0.5, 0.6) is 0 Å². The standard InChI is InChI=1S/C23H27N5O/c1-15-22(16(2)28(26-15)19-10-4-3-5-11-19)20-13-24-23(25-20)17-12-21(29)27(14-17)18-8-6-7-9-18/h3-5,10-11,13,17-18H,6-9,12,14H2,1-2H3,(H,24,25). The van der Waals surface area contributed by atoms with Gasteiger partial charge in [0.05, 0.1) is 29.0 Å². The van der Waals surface area contributed by atoms with Crippen molar-refractivity contribution in [3.8, 4) is 16.9 Å². The van der Waals surface area contributed by atoms with E-state index in [-0.39, 0.29) is 11.8 Å². The van der Waals surface area contributed by atoms with Gasteiger partial charge in [-0.15, -0.1) is 0 Å². The van der Waals surface area contributed by atoms with E-state index in [9.17, 15) is 4.79 Å². The highest BCUT2D eigenvalue weighted by Gasteiger charge is 2.37. The number of benzene rings is 1. The van der Waals surface area contributed by atoms with Gasteiger partial charge in [-0.25, -0.2) is 9.67 Å². The summed E-state index contributed by atoms with van der Waals surface area (Å²) < 4.78 is 1.98. The highest BCUT2D eigenvalue weighted by molar-refractivity contribution is 5.80. The molecule has 2 aliphatic rings. The minimum Gasteiger partial charge on any atom is -0.342 e. The number of aromatic amines is 1. The number of hydrogen-bond acceptors (Lipinski definition) is 3.